The Morgan fingerprint density at radius 3 is 2.65 bits per heavy atom. The van der Waals surface area contributed by atoms with Gasteiger partial charge in [-0.1, -0.05) is 18.2 Å². The largest absolute Gasteiger partial charge is 0.266 e. The van der Waals surface area contributed by atoms with Crippen molar-refractivity contribution in [1.29, 1.82) is 0 Å². The molecule has 0 N–H and O–H groups in total. The van der Waals surface area contributed by atoms with E-state index < -0.39 is 15.8 Å². The molecule has 104 valence electrons. The van der Waals surface area contributed by atoms with Crippen molar-refractivity contribution in [3.63, 3.8) is 0 Å². The van der Waals surface area contributed by atoms with E-state index in [4.69, 9.17) is 0 Å². The van der Waals surface area contributed by atoms with Crippen molar-refractivity contribution in [2.75, 3.05) is 10.8 Å². The molecule has 3 nitrogen and oxygen atoms in total. The molecule has 0 saturated heterocycles. The summed E-state index contributed by atoms with van der Waals surface area (Å²) in [5.74, 6) is -0.474. The van der Waals surface area contributed by atoms with Crippen molar-refractivity contribution in [1.82, 2.24) is 0 Å². The first kappa shape index (κ1) is 13.6. The van der Waals surface area contributed by atoms with Crippen LogP contribution in [0.4, 0.5) is 10.1 Å². The average Bonchev–Trinajstić information content (AvgIpc) is 2.82. The number of para-hydroxylation sites is 1. The highest BCUT2D eigenvalue weighted by atomic mass is 79.9. The summed E-state index contributed by atoms with van der Waals surface area (Å²) >= 11 is 3.12. The van der Waals surface area contributed by atoms with Crippen LogP contribution in [0, 0.1) is 5.82 Å². The normalized spacial score (nSPS) is 14.4. The molecular formula is C14H11BrFNO2S. The van der Waals surface area contributed by atoms with Gasteiger partial charge in [-0.05, 0) is 52.2 Å². The van der Waals surface area contributed by atoms with Crippen LogP contribution in [0.3, 0.4) is 0 Å². The van der Waals surface area contributed by atoms with Crippen molar-refractivity contribution in [2.45, 2.75) is 11.3 Å². The number of benzene rings is 2. The lowest BCUT2D eigenvalue weighted by Gasteiger charge is -2.20. The van der Waals surface area contributed by atoms with E-state index in [0.29, 0.717) is 18.7 Å². The molecule has 0 aliphatic carbocycles. The van der Waals surface area contributed by atoms with E-state index in [0.717, 1.165) is 17.7 Å². The lowest BCUT2D eigenvalue weighted by molar-refractivity contribution is 0.590. The molecule has 2 aromatic carbocycles. The highest BCUT2D eigenvalue weighted by Gasteiger charge is 2.31. The molecular weight excluding hydrogens is 345 g/mol. The van der Waals surface area contributed by atoms with E-state index in [1.165, 1.54) is 10.4 Å². The molecule has 0 atom stereocenters. The second-order valence-electron chi connectivity index (χ2n) is 4.53. The van der Waals surface area contributed by atoms with Gasteiger partial charge in [0.05, 0.1) is 5.69 Å². The van der Waals surface area contributed by atoms with Gasteiger partial charge in [0, 0.05) is 11.0 Å². The predicted molar refractivity (Wildman–Crippen MR) is 78.8 cm³/mol. The van der Waals surface area contributed by atoms with Crippen LogP contribution in [-0.2, 0) is 16.4 Å². The zero-order chi connectivity index (χ0) is 14.3. The van der Waals surface area contributed by atoms with E-state index in [-0.39, 0.29) is 9.37 Å². The van der Waals surface area contributed by atoms with Crippen molar-refractivity contribution < 1.29 is 12.8 Å². The summed E-state index contributed by atoms with van der Waals surface area (Å²) in [5.41, 5.74) is 1.71. The zero-order valence-corrected chi connectivity index (χ0v) is 12.8. The summed E-state index contributed by atoms with van der Waals surface area (Å²) in [4.78, 5) is 0.0793. The molecule has 3 rings (SSSR count). The van der Waals surface area contributed by atoms with E-state index in [1.807, 2.05) is 18.2 Å². The van der Waals surface area contributed by atoms with Gasteiger partial charge in [0.25, 0.3) is 10.0 Å². The number of hydrogen-bond acceptors (Lipinski definition) is 2. The topological polar surface area (TPSA) is 37.4 Å². The molecule has 1 aliphatic rings. The van der Waals surface area contributed by atoms with Crippen LogP contribution >= 0.6 is 15.9 Å². The first-order valence-corrected chi connectivity index (χ1v) is 8.29. The zero-order valence-electron chi connectivity index (χ0n) is 10.4. The second kappa shape index (κ2) is 4.86. The van der Waals surface area contributed by atoms with Crippen LogP contribution in [0.15, 0.2) is 51.8 Å². The van der Waals surface area contributed by atoms with Crippen molar-refractivity contribution >= 4 is 31.6 Å². The molecule has 0 saturated carbocycles. The molecule has 0 bridgehead atoms. The maximum atomic E-state index is 13.1. The van der Waals surface area contributed by atoms with Gasteiger partial charge in [0.15, 0.2) is 0 Å². The van der Waals surface area contributed by atoms with Gasteiger partial charge in [-0.25, -0.2) is 12.8 Å². The Balaban J connectivity index is 2.10. The lowest BCUT2D eigenvalue weighted by Crippen LogP contribution is -2.29. The molecule has 0 fully saturated rings. The maximum Gasteiger partial charge on any atom is 0.265 e. The summed E-state index contributed by atoms with van der Waals surface area (Å²) in [5, 5.41) is 0. The van der Waals surface area contributed by atoms with Crippen molar-refractivity contribution in [3.8, 4) is 0 Å². The molecule has 0 spiro atoms. The molecule has 0 amide bonds. The van der Waals surface area contributed by atoms with Gasteiger partial charge in [-0.2, -0.15) is 0 Å². The predicted octanol–water partition coefficient (Wildman–Crippen LogP) is 3.34. The number of anilines is 1. The van der Waals surface area contributed by atoms with Gasteiger partial charge >= 0.3 is 0 Å². The highest BCUT2D eigenvalue weighted by Crippen LogP contribution is 2.34. The highest BCUT2D eigenvalue weighted by molar-refractivity contribution is 9.10. The molecule has 0 aromatic heterocycles. The quantitative estimate of drug-likeness (QED) is 0.828. The van der Waals surface area contributed by atoms with E-state index in [9.17, 15) is 12.8 Å². The number of sulfonamides is 1. The molecule has 20 heavy (non-hydrogen) atoms. The Kier molecular flexibility index (Phi) is 3.30. The standard InChI is InChI=1S/C14H11BrFNO2S/c15-12-9-11(16)5-6-14(12)20(18,19)17-8-7-10-3-1-2-4-13(10)17/h1-6,9H,7-8H2. The van der Waals surface area contributed by atoms with Crippen LogP contribution < -0.4 is 4.31 Å². The third-order valence-electron chi connectivity index (χ3n) is 3.31. The maximum absolute atomic E-state index is 13.1. The molecule has 0 unspecified atom stereocenters. The fourth-order valence-electron chi connectivity index (χ4n) is 2.36. The monoisotopic (exact) mass is 355 g/mol. The molecule has 1 heterocycles. The van der Waals surface area contributed by atoms with Gasteiger partial charge in [0.2, 0.25) is 0 Å². The first-order chi connectivity index (χ1) is 9.50. The van der Waals surface area contributed by atoms with Gasteiger partial charge < -0.3 is 0 Å². The third-order valence-corrected chi connectivity index (χ3v) is 6.10. The Labute approximate surface area is 125 Å². The van der Waals surface area contributed by atoms with Gasteiger partial charge in [-0.15, -0.1) is 0 Å². The summed E-state index contributed by atoms with van der Waals surface area (Å²) in [6.07, 6.45) is 0.689. The van der Waals surface area contributed by atoms with Crippen LogP contribution in [-0.4, -0.2) is 15.0 Å². The molecule has 2 aromatic rings. The van der Waals surface area contributed by atoms with Gasteiger partial charge in [-0.3, -0.25) is 4.31 Å². The number of halogens is 2. The second-order valence-corrected chi connectivity index (χ2v) is 7.22. The molecule has 6 heteroatoms. The number of rotatable bonds is 2. The Morgan fingerprint density at radius 2 is 1.90 bits per heavy atom. The summed E-state index contributed by atoms with van der Waals surface area (Å²) in [7, 11) is -3.68. The Bertz CT molecular complexity index is 776. The molecule has 1 aliphatic heterocycles. The van der Waals surface area contributed by atoms with Crippen LogP contribution in [0.25, 0.3) is 0 Å². The van der Waals surface area contributed by atoms with Crippen molar-refractivity contribution in [3.05, 3.63) is 58.3 Å². The van der Waals surface area contributed by atoms with E-state index in [2.05, 4.69) is 15.9 Å². The number of nitrogens with zero attached hydrogens (tertiary/aromatic N) is 1. The van der Waals surface area contributed by atoms with Crippen LogP contribution in [0.1, 0.15) is 5.56 Å². The first-order valence-electron chi connectivity index (χ1n) is 6.06. The smallest absolute Gasteiger partial charge is 0.265 e. The average molecular weight is 356 g/mol. The van der Waals surface area contributed by atoms with Crippen LogP contribution in [0.2, 0.25) is 0 Å². The molecule has 0 radical (unpaired) electrons. The summed E-state index contributed by atoms with van der Waals surface area (Å²) < 4.78 is 40.1. The third kappa shape index (κ3) is 2.13. The Morgan fingerprint density at radius 1 is 1.15 bits per heavy atom. The van der Waals surface area contributed by atoms with Crippen molar-refractivity contribution in [2.24, 2.45) is 0 Å². The fourth-order valence-corrected chi connectivity index (χ4v) is 4.88. The van der Waals surface area contributed by atoms with Crippen LogP contribution in [0.5, 0.6) is 0 Å². The van der Waals surface area contributed by atoms with E-state index in [1.54, 1.807) is 6.07 Å². The summed E-state index contributed by atoms with van der Waals surface area (Å²) in [6, 6.07) is 11.0. The minimum Gasteiger partial charge on any atom is -0.266 e. The Hall–Kier alpha value is -1.40. The minimum atomic E-state index is -3.68. The number of fused-ring (bicyclic) bond motifs is 1. The van der Waals surface area contributed by atoms with E-state index >= 15 is 0 Å². The minimum absolute atomic E-state index is 0.0793. The lowest BCUT2D eigenvalue weighted by atomic mass is 10.2. The fraction of sp³-hybridized carbons (Fsp3) is 0.143. The SMILES string of the molecule is O=S(=O)(c1ccc(F)cc1Br)N1CCc2ccccc21. The number of hydrogen-bond donors (Lipinski definition) is 0. The van der Waals surface area contributed by atoms with Gasteiger partial charge in [0.1, 0.15) is 10.7 Å². The summed E-state index contributed by atoms with van der Waals surface area (Å²) in [6.45, 7) is 0.408.